The Labute approximate surface area is 70.6 Å². The van der Waals surface area contributed by atoms with E-state index >= 15 is 0 Å². The van der Waals surface area contributed by atoms with Crippen molar-refractivity contribution < 1.29 is 24.7 Å². The van der Waals surface area contributed by atoms with Crippen LogP contribution in [0.4, 0.5) is 0 Å². The minimum atomic E-state index is -2.17. The van der Waals surface area contributed by atoms with Crippen molar-refractivity contribution in [2.24, 2.45) is 0 Å². The van der Waals surface area contributed by atoms with Crippen LogP contribution in [-0.4, -0.2) is 34.9 Å². The summed E-state index contributed by atoms with van der Waals surface area (Å²) in [5.41, 5.74) is 2.12. The van der Waals surface area contributed by atoms with Crippen molar-refractivity contribution in [1.82, 2.24) is 5.48 Å². The van der Waals surface area contributed by atoms with Crippen LogP contribution in [0.1, 0.15) is 6.92 Å². The number of hydroxylamine groups is 1. The minimum Gasteiger partial charge on any atom is -0.402 e. The lowest BCUT2D eigenvalue weighted by atomic mass is 10.3. The van der Waals surface area contributed by atoms with Gasteiger partial charge in [0.25, 0.3) is 5.91 Å². The first kappa shape index (κ1) is 13.7. The van der Waals surface area contributed by atoms with Crippen LogP contribution in [0.25, 0.3) is 0 Å². The van der Waals surface area contributed by atoms with Gasteiger partial charge in [-0.15, -0.1) is 0 Å². The first-order valence-corrected chi connectivity index (χ1v) is 3.13. The molecule has 0 fully saturated rings. The van der Waals surface area contributed by atoms with Gasteiger partial charge in [0.15, 0.2) is 0 Å². The Balaban J connectivity index is 0. The Hall–Kier alpha value is -0.885. The summed E-state index contributed by atoms with van der Waals surface area (Å²) in [7, 11) is -2.17. The van der Waals surface area contributed by atoms with E-state index in [4.69, 9.17) is 15.1 Å². The number of amides is 1. The molecule has 0 aromatic rings. The molecule has 0 heterocycles. The fourth-order valence-corrected chi connectivity index (χ4v) is 0.185. The second kappa shape index (κ2) is 10.1. The minimum absolute atomic E-state index is 0.313. The smallest absolute Gasteiger partial charge is 0.402 e. The van der Waals surface area contributed by atoms with E-state index in [9.17, 15) is 4.79 Å². The number of carbonyl (C=O) groups is 1. The summed E-state index contributed by atoms with van der Waals surface area (Å²) in [6.07, 6.45) is 1.15. The van der Waals surface area contributed by atoms with Gasteiger partial charge in [0.05, 0.1) is 6.61 Å². The van der Waals surface area contributed by atoms with E-state index in [0.29, 0.717) is 6.61 Å². The van der Waals surface area contributed by atoms with Crippen LogP contribution in [0, 0.1) is 0 Å². The average Bonchev–Trinajstić information content (AvgIpc) is 1.99. The van der Waals surface area contributed by atoms with Crippen molar-refractivity contribution in [1.29, 1.82) is 0 Å². The highest BCUT2D eigenvalue weighted by atomic mass is 16.6. The number of hydrogen-bond acceptors (Lipinski definition) is 5. The van der Waals surface area contributed by atoms with Crippen molar-refractivity contribution >= 4 is 13.2 Å². The normalized spacial score (nSPS) is 7.67. The van der Waals surface area contributed by atoms with Gasteiger partial charge >= 0.3 is 7.32 Å². The fourth-order valence-electron chi connectivity index (χ4n) is 0.185. The highest BCUT2D eigenvalue weighted by Crippen LogP contribution is 1.66. The molecule has 0 aromatic heterocycles. The Bertz CT molecular complexity index is 126. The van der Waals surface area contributed by atoms with E-state index in [1.54, 1.807) is 6.92 Å². The first-order chi connectivity index (χ1) is 5.54. The summed E-state index contributed by atoms with van der Waals surface area (Å²) in [6.45, 7) is 5.47. The third kappa shape index (κ3) is 22.9. The van der Waals surface area contributed by atoms with Gasteiger partial charge in [-0.1, -0.05) is 6.58 Å². The lowest BCUT2D eigenvalue weighted by molar-refractivity contribution is -0.128. The van der Waals surface area contributed by atoms with Gasteiger partial charge < -0.3 is 15.1 Å². The highest BCUT2D eigenvalue weighted by Gasteiger charge is 1.92. The Morgan fingerprint density at radius 3 is 2.33 bits per heavy atom. The topological polar surface area (TPSA) is 99.0 Å². The Morgan fingerprint density at radius 1 is 1.67 bits per heavy atom. The highest BCUT2D eigenvalue weighted by molar-refractivity contribution is 6.30. The van der Waals surface area contributed by atoms with E-state index in [1.807, 2.05) is 0 Å². The van der Waals surface area contributed by atoms with Gasteiger partial charge in [-0.25, -0.2) is 5.48 Å². The molecule has 4 N–H and O–H groups in total. The summed E-state index contributed by atoms with van der Waals surface area (Å²) in [5.74, 6) is -0.313. The third-order valence-electron chi connectivity index (χ3n) is 0.502. The summed E-state index contributed by atoms with van der Waals surface area (Å²) in [4.78, 5) is 14.7. The van der Waals surface area contributed by atoms with E-state index in [2.05, 4.69) is 16.9 Å². The molecule has 0 spiro atoms. The first-order valence-electron chi connectivity index (χ1n) is 3.13. The molecule has 12 heavy (non-hydrogen) atoms. The number of hydrogen-bond donors (Lipinski definition) is 4. The van der Waals surface area contributed by atoms with Crippen molar-refractivity contribution in [3.63, 3.8) is 0 Å². The largest absolute Gasteiger partial charge is 0.631 e. The molecule has 1 amide bonds. The molecule has 0 unspecified atom stereocenters. The lowest BCUT2D eigenvalue weighted by Crippen LogP contribution is -2.20. The maximum absolute atomic E-state index is 10.2. The van der Waals surface area contributed by atoms with Gasteiger partial charge in [-0.3, -0.25) is 9.63 Å². The summed E-state index contributed by atoms with van der Waals surface area (Å²) < 4.78 is 0. The Morgan fingerprint density at radius 2 is 2.08 bits per heavy atom. The SMILES string of the molecule is C=CC(=O)NOCC.OB(O)O. The molecule has 0 aliphatic carbocycles. The van der Waals surface area contributed by atoms with E-state index in [1.165, 1.54) is 0 Å². The standard InChI is InChI=1S/C5H9NO2.BH3O3/c1-3-5(7)6-8-4-2;2-1(3)4/h3H,1,4H2,2H3,(H,6,7);2-4H. The van der Waals surface area contributed by atoms with Crippen LogP contribution in [0.2, 0.25) is 0 Å². The van der Waals surface area contributed by atoms with Gasteiger partial charge in [0.2, 0.25) is 0 Å². The van der Waals surface area contributed by atoms with E-state index in [0.717, 1.165) is 6.08 Å². The molecule has 70 valence electrons. The quantitative estimate of drug-likeness (QED) is 0.231. The lowest BCUT2D eigenvalue weighted by Gasteiger charge is -1.96. The molecule has 6 nitrogen and oxygen atoms in total. The molecule has 0 atom stereocenters. The molecule has 7 heteroatoms. The molecule has 0 saturated heterocycles. The van der Waals surface area contributed by atoms with Gasteiger partial charge in [0.1, 0.15) is 0 Å². The Kier molecular flexibility index (Phi) is 11.5. The van der Waals surface area contributed by atoms with Gasteiger partial charge in [0, 0.05) is 0 Å². The number of carbonyl (C=O) groups excluding carboxylic acids is 1. The zero-order valence-corrected chi connectivity index (χ0v) is 6.73. The maximum Gasteiger partial charge on any atom is 0.631 e. The zero-order chi connectivity index (χ0) is 9.98. The second-order valence-electron chi connectivity index (χ2n) is 1.45. The van der Waals surface area contributed by atoms with Crippen LogP contribution in [-0.2, 0) is 9.63 Å². The zero-order valence-electron chi connectivity index (χ0n) is 6.73. The molecule has 0 rings (SSSR count). The van der Waals surface area contributed by atoms with Crippen molar-refractivity contribution in [3.05, 3.63) is 12.7 Å². The molecular weight excluding hydrogens is 165 g/mol. The van der Waals surface area contributed by atoms with Crippen LogP contribution >= 0.6 is 0 Å². The third-order valence-corrected chi connectivity index (χ3v) is 0.502. The molecular formula is C5H12BNO5. The van der Waals surface area contributed by atoms with E-state index < -0.39 is 7.32 Å². The van der Waals surface area contributed by atoms with Crippen molar-refractivity contribution in [2.45, 2.75) is 6.92 Å². The average molecular weight is 177 g/mol. The molecule has 0 saturated carbocycles. The van der Waals surface area contributed by atoms with Crippen molar-refractivity contribution in [3.8, 4) is 0 Å². The van der Waals surface area contributed by atoms with E-state index in [-0.39, 0.29) is 5.91 Å². The second-order valence-corrected chi connectivity index (χ2v) is 1.45. The molecule has 0 aromatic carbocycles. The number of nitrogens with one attached hydrogen (secondary N) is 1. The molecule has 0 radical (unpaired) electrons. The van der Waals surface area contributed by atoms with Crippen LogP contribution in [0.3, 0.4) is 0 Å². The van der Waals surface area contributed by atoms with Gasteiger partial charge in [-0.2, -0.15) is 0 Å². The molecule has 0 bridgehead atoms. The van der Waals surface area contributed by atoms with Crippen LogP contribution in [0.15, 0.2) is 12.7 Å². The number of rotatable bonds is 3. The monoisotopic (exact) mass is 177 g/mol. The summed E-state index contributed by atoms with van der Waals surface area (Å²) >= 11 is 0. The molecule has 0 aliphatic rings. The molecule has 0 aliphatic heterocycles. The van der Waals surface area contributed by atoms with Crippen LogP contribution in [0.5, 0.6) is 0 Å². The predicted octanol–water partition coefficient (Wildman–Crippen LogP) is -1.81. The predicted molar refractivity (Wildman–Crippen MR) is 42.4 cm³/mol. The fraction of sp³-hybridized carbons (Fsp3) is 0.400. The van der Waals surface area contributed by atoms with Crippen LogP contribution < -0.4 is 5.48 Å². The summed E-state index contributed by atoms with van der Waals surface area (Å²) in [6, 6.07) is 0. The summed E-state index contributed by atoms with van der Waals surface area (Å²) in [5, 5.41) is 21.5. The van der Waals surface area contributed by atoms with Gasteiger partial charge in [-0.05, 0) is 13.0 Å². The van der Waals surface area contributed by atoms with Crippen molar-refractivity contribution in [2.75, 3.05) is 6.61 Å². The maximum atomic E-state index is 10.2.